The zero-order valence-corrected chi connectivity index (χ0v) is 25.3. The monoisotopic (exact) mass is 559 g/mol. The summed E-state index contributed by atoms with van der Waals surface area (Å²) >= 11 is 0. The van der Waals surface area contributed by atoms with Crippen molar-refractivity contribution in [2.45, 2.75) is 47.5 Å². The van der Waals surface area contributed by atoms with E-state index in [2.05, 4.69) is 38.8 Å². The van der Waals surface area contributed by atoms with E-state index in [0.29, 0.717) is 30.0 Å². The van der Waals surface area contributed by atoms with Crippen LogP contribution in [0.1, 0.15) is 33.3 Å². The van der Waals surface area contributed by atoms with Crippen molar-refractivity contribution in [2.24, 2.45) is 5.41 Å². The van der Waals surface area contributed by atoms with E-state index in [-0.39, 0.29) is 25.4 Å². The zero-order chi connectivity index (χ0) is 28.8. The summed E-state index contributed by atoms with van der Waals surface area (Å²) in [6.07, 6.45) is 10.3. The lowest BCUT2D eigenvalue weighted by molar-refractivity contribution is -0.152. The van der Waals surface area contributed by atoms with E-state index < -0.39 is 15.4 Å². The molecule has 0 atom stereocenters. The number of carbonyl (C=O) groups is 1. The lowest BCUT2D eigenvalue weighted by Gasteiger charge is -2.24. The quantitative estimate of drug-likeness (QED) is 0.216. The maximum absolute atomic E-state index is 11.9. The molecule has 0 N–H and O–H groups in total. The number of aromatic nitrogens is 5. The summed E-state index contributed by atoms with van der Waals surface area (Å²) in [7, 11) is 0.735. The molecule has 3 aromatic rings. The molecule has 0 bridgehead atoms. The van der Waals surface area contributed by atoms with E-state index in [1.54, 1.807) is 30.9 Å². The van der Waals surface area contributed by atoms with Crippen LogP contribution in [0.4, 0.5) is 0 Å². The number of ether oxygens (including phenoxy) is 4. The molecule has 11 heteroatoms. The standard InChI is InChI=1S/C28H41N5O5S/c1-19(2)38-27-31-25(32-33(27)18-36-12-13-39(7,8)9)23-11-10-21(15-29-23)22-16-30-24(14-20(22)3)37-17-28(4,5)26(34)35-6/h10-11,14-16,19H,12-13,17-18H2,1-9H3. The predicted molar refractivity (Wildman–Crippen MR) is 154 cm³/mol. The smallest absolute Gasteiger partial charge is 0.317 e. The SMILES string of the molecule is COC(=O)C(C)(C)COc1cc(C)c(-c2ccc(-c3nc(OC(C)C)n(COCCS(C)(C)C)n3)nc2)cn1. The number of aryl methyl sites for hydroxylation is 1. The van der Waals surface area contributed by atoms with Gasteiger partial charge in [-0.1, -0.05) is 6.07 Å². The van der Waals surface area contributed by atoms with Crippen LogP contribution in [0.5, 0.6) is 11.9 Å². The summed E-state index contributed by atoms with van der Waals surface area (Å²) in [5.41, 5.74) is 2.64. The van der Waals surface area contributed by atoms with Gasteiger partial charge in [0.05, 0.1) is 25.2 Å². The summed E-state index contributed by atoms with van der Waals surface area (Å²) in [6.45, 7) is 10.5. The first-order chi connectivity index (χ1) is 18.3. The minimum absolute atomic E-state index is 0.0517. The van der Waals surface area contributed by atoms with Gasteiger partial charge in [0.2, 0.25) is 11.7 Å². The number of pyridine rings is 2. The van der Waals surface area contributed by atoms with E-state index in [0.717, 1.165) is 22.4 Å². The molecular formula is C28H41N5O5S. The van der Waals surface area contributed by atoms with Crippen LogP contribution in [0, 0.1) is 12.3 Å². The molecule has 0 saturated heterocycles. The van der Waals surface area contributed by atoms with Crippen molar-refractivity contribution in [2.75, 3.05) is 44.8 Å². The van der Waals surface area contributed by atoms with E-state index >= 15 is 0 Å². The third kappa shape index (κ3) is 8.66. The number of carbonyl (C=O) groups excluding carboxylic acids is 1. The Balaban J connectivity index is 1.73. The molecule has 0 aliphatic heterocycles. The molecule has 0 aliphatic carbocycles. The van der Waals surface area contributed by atoms with Crippen LogP contribution in [0.25, 0.3) is 22.6 Å². The normalized spacial score (nSPS) is 12.5. The maximum atomic E-state index is 11.9. The summed E-state index contributed by atoms with van der Waals surface area (Å²) in [4.78, 5) is 25.5. The highest BCUT2D eigenvalue weighted by molar-refractivity contribution is 8.32. The van der Waals surface area contributed by atoms with E-state index in [4.69, 9.17) is 18.9 Å². The van der Waals surface area contributed by atoms with Gasteiger partial charge >= 0.3 is 12.0 Å². The fourth-order valence-electron chi connectivity index (χ4n) is 3.46. The Kier molecular flexibility index (Phi) is 9.95. The molecule has 3 rings (SSSR count). The fraction of sp³-hybridized carbons (Fsp3) is 0.536. The van der Waals surface area contributed by atoms with Crippen molar-refractivity contribution in [1.29, 1.82) is 0 Å². The molecule has 0 aliphatic rings. The second-order valence-electron chi connectivity index (χ2n) is 11.2. The first-order valence-electron chi connectivity index (χ1n) is 12.8. The Hall–Kier alpha value is -3.18. The zero-order valence-electron chi connectivity index (χ0n) is 24.5. The van der Waals surface area contributed by atoms with Gasteiger partial charge in [-0.3, -0.25) is 9.78 Å². The molecule has 3 aromatic heterocycles. The van der Waals surface area contributed by atoms with Gasteiger partial charge in [-0.15, -0.1) is 5.10 Å². The van der Waals surface area contributed by atoms with E-state index in [1.165, 1.54) is 7.11 Å². The van der Waals surface area contributed by atoms with Crippen LogP contribution in [-0.2, 0) is 21.0 Å². The molecule has 3 heterocycles. The molecule has 0 unspecified atom stereocenters. The molecule has 0 fully saturated rings. The number of nitrogens with zero attached hydrogens (tertiary/aromatic N) is 5. The highest BCUT2D eigenvalue weighted by Gasteiger charge is 2.30. The Bertz CT molecular complexity index is 1250. The Morgan fingerprint density at radius 3 is 2.46 bits per heavy atom. The minimum Gasteiger partial charge on any atom is -0.476 e. The van der Waals surface area contributed by atoms with Crippen LogP contribution < -0.4 is 9.47 Å². The lowest BCUT2D eigenvalue weighted by Crippen LogP contribution is -2.32. The van der Waals surface area contributed by atoms with Crippen molar-refractivity contribution in [1.82, 2.24) is 24.7 Å². The molecule has 0 radical (unpaired) electrons. The second-order valence-corrected chi connectivity index (χ2v) is 15.7. The largest absolute Gasteiger partial charge is 0.476 e. The highest BCUT2D eigenvalue weighted by Crippen LogP contribution is 2.33. The first-order valence-corrected chi connectivity index (χ1v) is 15.8. The molecule has 10 nitrogen and oxygen atoms in total. The van der Waals surface area contributed by atoms with Gasteiger partial charge in [-0.2, -0.15) is 9.67 Å². The average Bonchev–Trinajstić information content (AvgIpc) is 3.26. The van der Waals surface area contributed by atoms with Crippen LogP contribution in [0.3, 0.4) is 0 Å². The van der Waals surface area contributed by atoms with Gasteiger partial charge < -0.3 is 18.9 Å². The molecule has 0 amide bonds. The summed E-state index contributed by atoms with van der Waals surface area (Å²) in [6, 6.07) is 6.08. The van der Waals surface area contributed by atoms with E-state index in [9.17, 15) is 4.79 Å². The fourth-order valence-corrected chi connectivity index (χ4v) is 4.08. The Morgan fingerprint density at radius 2 is 1.87 bits per heavy atom. The summed E-state index contributed by atoms with van der Waals surface area (Å²) in [5.74, 6) is 1.59. The predicted octanol–water partition coefficient (Wildman–Crippen LogP) is 4.74. The van der Waals surface area contributed by atoms with Crippen LogP contribution in [-0.4, -0.2) is 81.6 Å². The molecule has 0 spiro atoms. The Labute approximate surface area is 232 Å². The molecule has 0 aromatic carbocycles. The van der Waals surface area contributed by atoms with Crippen molar-refractivity contribution in [3.8, 4) is 34.5 Å². The van der Waals surface area contributed by atoms with Gasteiger partial charge in [0.1, 0.15) is 19.0 Å². The van der Waals surface area contributed by atoms with Crippen molar-refractivity contribution in [3.63, 3.8) is 0 Å². The number of hydrogen-bond acceptors (Lipinski definition) is 9. The van der Waals surface area contributed by atoms with Gasteiger partial charge in [0.15, 0.2) is 0 Å². The Morgan fingerprint density at radius 1 is 1.13 bits per heavy atom. The first kappa shape index (κ1) is 30.4. The molecule has 0 saturated carbocycles. The lowest BCUT2D eigenvalue weighted by atomic mass is 9.95. The molecule has 39 heavy (non-hydrogen) atoms. The van der Waals surface area contributed by atoms with Crippen molar-refractivity contribution < 1.29 is 23.7 Å². The molecular weight excluding hydrogens is 518 g/mol. The van der Waals surface area contributed by atoms with Crippen LogP contribution >= 0.6 is 10.0 Å². The van der Waals surface area contributed by atoms with Gasteiger partial charge in [0.25, 0.3) is 0 Å². The van der Waals surface area contributed by atoms with Crippen LogP contribution in [0.15, 0.2) is 30.6 Å². The molecule has 214 valence electrons. The maximum Gasteiger partial charge on any atom is 0.317 e. The average molecular weight is 560 g/mol. The minimum atomic E-state index is -0.774. The van der Waals surface area contributed by atoms with E-state index in [1.807, 2.05) is 39.0 Å². The van der Waals surface area contributed by atoms with Crippen molar-refractivity contribution >= 4 is 16.0 Å². The number of rotatable bonds is 13. The second kappa shape index (κ2) is 12.8. The van der Waals surface area contributed by atoms with Crippen molar-refractivity contribution in [3.05, 3.63) is 36.2 Å². The van der Waals surface area contributed by atoms with Gasteiger partial charge in [-0.05, 0) is 65.0 Å². The number of esters is 1. The summed E-state index contributed by atoms with van der Waals surface area (Å²) < 4.78 is 24.0. The number of hydrogen-bond donors (Lipinski definition) is 0. The van der Waals surface area contributed by atoms with Gasteiger partial charge in [-0.25, -0.2) is 15.0 Å². The third-order valence-corrected chi connectivity index (χ3v) is 7.13. The number of methoxy groups -OCH3 is 1. The van der Waals surface area contributed by atoms with Crippen LogP contribution in [0.2, 0.25) is 0 Å². The topological polar surface area (TPSA) is 110 Å². The summed E-state index contributed by atoms with van der Waals surface area (Å²) in [5, 5.41) is 4.60. The third-order valence-electron chi connectivity index (χ3n) is 5.74. The van der Waals surface area contributed by atoms with Gasteiger partial charge in [0, 0.05) is 35.3 Å². The highest BCUT2D eigenvalue weighted by atomic mass is 32.3.